The largest absolute Gasteiger partial charge is 0.316 e. The molecule has 1 heteroatoms. The van der Waals surface area contributed by atoms with Gasteiger partial charge < -0.3 is 5.32 Å². The lowest BCUT2D eigenvalue weighted by Crippen LogP contribution is -2.16. The highest BCUT2D eigenvalue weighted by atomic mass is 14.8. The summed E-state index contributed by atoms with van der Waals surface area (Å²) in [5.41, 5.74) is 2.96. The molecule has 57 valence electrons. The molecule has 11 heavy (non-hydrogen) atoms. The molecule has 0 saturated heterocycles. The van der Waals surface area contributed by atoms with Crippen LogP contribution in [-0.4, -0.2) is 13.1 Å². The van der Waals surface area contributed by atoms with Gasteiger partial charge in [-0.1, -0.05) is 18.2 Å². The zero-order valence-corrected chi connectivity index (χ0v) is 6.56. The van der Waals surface area contributed by atoms with Crippen LogP contribution in [-0.2, 0) is 12.8 Å². The molecule has 1 radical (unpaired) electrons. The van der Waals surface area contributed by atoms with Crippen molar-refractivity contribution < 1.29 is 0 Å². The van der Waals surface area contributed by atoms with Gasteiger partial charge in [0.1, 0.15) is 0 Å². The molecular weight excluding hydrogens is 134 g/mol. The van der Waals surface area contributed by atoms with E-state index in [1.807, 2.05) is 6.07 Å². The van der Waals surface area contributed by atoms with Gasteiger partial charge in [-0.3, -0.25) is 0 Å². The van der Waals surface area contributed by atoms with Crippen LogP contribution in [0.2, 0.25) is 0 Å². The van der Waals surface area contributed by atoms with E-state index in [1.54, 1.807) is 0 Å². The van der Waals surface area contributed by atoms with Crippen molar-refractivity contribution in [1.82, 2.24) is 5.32 Å². The molecule has 1 aliphatic rings. The third-order valence-corrected chi connectivity index (χ3v) is 2.19. The van der Waals surface area contributed by atoms with E-state index in [0.717, 1.165) is 19.5 Å². The first-order valence-electron chi connectivity index (χ1n) is 4.15. The number of nitrogens with one attached hydrogen (secondary N) is 1. The lowest BCUT2D eigenvalue weighted by molar-refractivity contribution is 0.711. The summed E-state index contributed by atoms with van der Waals surface area (Å²) in [6, 6.07) is 9.42. The van der Waals surface area contributed by atoms with Gasteiger partial charge in [0.25, 0.3) is 0 Å². The van der Waals surface area contributed by atoms with Crippen LogP contribution in [0.15, 0.2) is 18.2 Å². The second-order valence-corrected chi connectivity index (χ2v) is 2.94. The van der Waals surface area contributed by atoms with Crippen LogP contribution in [0.4, 0.5) is 0 Å². The molecule has 1 nitrogen and oxygen atoms in total. The molecule has 1 aromatic rings. The van der Waals surface area contributed by atoms with Crippen molar-refractivity contribution in [2.75, 3.05) is 13.1 Å². The van der Waals surface area contributed by atoms with Crippen molar-refractivity contribution in [3.63, 3.8) is 0 Å². The quantitative estimate of drug-likeness (QED) is 0.579. The molecule has 0 aliphatic carbocycles. The Morgan fingerprint density at radius 3 is 2.91 bits per heavy atom. The zero-order valence-electron chi connectivity index (χ0n) is 6.56. The summed E-state index contributed by atoms with van der Waals surface area (Å²) in [6.45, 7) is 2.24. The molecule has 0 fully saturated rings. The second kappa shape index (κ2) is 3.05. The third-order valence-electron chi connectivity index (χ3n) is 2.19. The summed E-state index contributed by atoms with van der Waals surface area (Å²) in [6.07, 6.45) is 2.33. The van der Waals surface area contributed by atoms with Gasteiger partial charge in [0.05, 0.1) is 0 Å². The summed E-state index contributed by atoms with van der Waals surface area (Å²) in [5, 5.41) is 3.38. The molecule has 0 bridgehead atoms. The highest BCUT2D eigenvalue weighted by Gasteiger charge is 2.04. The maximum Gasteiger partial charge on any atom is -0.000812 e. The lowest BCUT2D eigenvalue weighted by Gasteiger charge is -2.01. The van der Waals surface area contributed by atoms with Crippen LogP contribution < -0.4 is 5.32 Å². The Bertz CT molecular complexity index is 217. The predicted octanol–water partition coefficient (Wildman–Crippen LogP) is 1.17. The number of rotatable bonds is 0. The molecule has 1 heterocycles. The van der Waals surface area contributed by atoms with Gasteiger partial charge in [0, 0.05) is 0 Å². The van der Waals surface area contributed by atoms with Crippen molar-refractivity contribution in [2.24, 2.45) is 0 Å². The fourth-order valence-corrected chi connectivity index (χ4v) is 1.54. The van der Waals surface area contributed by atoms with E-state index in [0.29, 0.717) is 0 Å². The van der Waals surface area contributed by atoms with Gasteiger partial charge in [0.2, 0.25) is 0 Å². The molecule has 0 saturated carbocycles. The molecule has 0 spiro atoms. The Hall–Kier alpha value is -0.820. The standard InChI is InChI=1S/C10H12N/c1-2-4-10-6-8-11-7-5-9(10)3-1/h1,3-4,11H,5-8H2. The summed E-state index contributed by atoms with van der Waals surface area (Å²) in [7, 11) is 0. The summed E-state index contributed by atoms with van der Waals surface area (Å²) < 4.78 is 0. The number of hydrogen-bond donors (Lipinski definition) is 1. The minimum Gasteiger partial charge on any atom is -0.316 e. The van der Waals surface area contributed by atoms with Gasteiger partial charge in [-0.2, -0.15) is 0 Å². The topological polar surface area (TPSA) is 12.0 Å². The van der Waals surface area contributed by atoms with Gasteiger partial charge >= 0.3 is 0 Å². The van der Waals surface area contributed by atoms with Crippen molar-refractivity contribution in [3.8, 4) is 0 Å². The first-order chi connectivity index (χ1) is 5.47. The zero-order chi connectivity index (χ0) is 7.52. The van der Waals surface area contributed by atoms with Crippen molar-refractivity contribution in [2.45, 2.75) is 12.8 Å². The van der Waals surface area contributed by atoms with Gasteiger partial charge in [0.15, 0.2) is 0 Å². The van der Waals surface area contributed by atoms with Crippen molar-refractivity contribution in [1.29, 1.82) is 0 Å². The van der Waals surface area contributed by atoms with E-state index in [9.17, 15) is 0 Å². The minimum atomic E-state index is 1.12. The monoisotopic (exact) mass is 146 g/mol. The molecule has 1 N–H and O–H groups in total. The highest BCUT2D eigenvalue weighted by molar-refractivity contribution is 5.27. The second-order valence-electron chi connectivity index (χ2n) is 2.94. The van der Waals surface area contributed by atoms with Crippen LogP contribution in [0, 0.1) is 6.07 Å². The molecule has 0 atom stereocenters. The van der Waals surface area contributed by atoms with E-state index >= 15 is 0 Å². The van der Waals surface area contributed by atoms with E-state index in [1.165, 1.54) is 17.5 Å². The summed E-state index contributed by atoms with van der Waals surface area (Å²) in [5.74, 6) is 0. The molecular formula is C10H12N. The highest BCUT2D eigenvalue weighted by Crippen LogP contribution is 2.10. The Balaban J connectivity index is 2.33. The lowest BCUT2D eigenvalue weighted by atomic mass is 10.0. The van der Waals surface area contributed by atoms with Crippen molar-refractivity contribution in [3.05, 3.63) is 35.4 Å². The summed E-state index contributed by atoms with van der Waals surface area (Å²) in [4.78, 5) is 0. The molecule has 1 aliphatic heterocycles. The van der Waals surface area contributed by atoms with E-state index in [-0.39, 0.29) is 0 Å². The average molecular weight is 146 g/mol. The normalized spacial score (nSPS) is 17.1. The Morgan fingerprint density at radius 2 is 2.00 bits per heavy atom. The van der Waals surface area contributed by atoms with E-state index in [4.69, 9.17) is 0 Å². The fraction of sp³-hybridized carbons (Fsp3) is 0.400. The SMILES string of the molecule is [c]1ccc2c(c1)CCNCC2. The van der Waals surface area contributed by atoms with Gasteiger partial charge in [-0.25, -0.2) is 0 Å². The summed E-state index contributed by atoms with van der Waals surface area (Å²) >= 11 is 0. The number of hydrogen-bond acceptors (Lipinski definition) is 1. The van der Waals surface area contributed by atoms with Crippen LogP contribution in [0.3, 0.4) is 0 Å². The molecule has 0 amide bonds. The Labute approximate surface area is 67.4 Å². The van der Waals surface area contributed by atoms with Crippen molar-refractivity contribution >= 4 is 0 Å². The first-order valence-corrected chi connectivity index (χ1v) is 4.15. The molecule has 0 aromatic heterocycles. The Morgan fingerprint density at radius 1 is 1.18 bits per heavy atom. The van der Waals surface area contributed by atoms with Crippen LogP contribution >= 0.6 is 0 Å². The molecule has 1 aromatic carbocycles. The number of fused-ring (bicyclic) bond motifs is 1. The van der Waals surface area contributed by atoms with Gasteiger partial charge in [-0.15, -0.1) is 0 Å². The average Bonchev–Trinajstić information content (AvgIpc) is 2.28. The predicted molar refractivity (Wildman–Crippen MR) is 45.6 cm³/mol. The van der Waals surface area contributed by atoms with E-state index < -0.39 is 0 Å². The maximum atomic E-state index is 3.38. The van der Waals surface area contributed by atoms with Crippen LogP contribution in [0.5, 0.6) is 0 Å². The fourth-order valence-electron chi connectivity index (χ4n) is 1.54. The van der Waals surface area contributed by atoms with Gasteiger partial charge in [-0.05, 0) is 43.1 Å². The van der Waals surface area contributed by atoms with Crippen LogP contribution in [0.1, 0.15) is 11.1 Å². The first kappa shape index (κ1) is 6.86. The molecule has 2 rings (SSSR count). The Kier molecular flexibility index (Phi) is 1.91. The smallest absolute Gasteiger partial charge is 0.000812 e. The van der Waals surface area contributed by atoms with Crippen LogP contribution in [0.25, 0.3) is 0 Å². The molecule has 0 unspecified atom stereocenters. The minimum absolute atomic E-state index is 1.12. The number of benzene rings is 1. The van der Waals surface area contributed by atoms with E-state index in [2.05, 4.69) is 23.5 Å². The third kappa shape index (κ3) is 1.43. The maximum absolute atomic E-state index is 3.38.